The van der Waals surface area contributed by atoms with Gasteiger partial charge in [-0.15, -0.1) is 0 Å². The van der Waals surface area contributed by atoms with E-state index in [2.05, 4.69) is 12.4 Å². The Morgan fingerprint density at radius 3 is 3.00 bits per heavy atom. The Labute approximate surface area is 71.8 Å². The van der Waals surface area contributed by atoms with Gasteiger partial charge in [-0.25, -0.2) is 0 Å². The van der Waals surface area contributed by atoms with Crippen LogP contribution in [0.25, 0.3) is 0 Å². The van der Waals surface area contributed by atoms with Crippen LogP contribution in [-0.2, 0) is 9.63 Å². The van der Waals surface area contributed by atoms with E-state index in [0.717, 1.165) is 19.4 Å². The van der Waals surface area contributed by atoms with Crippen LogP contribution in [0.15, 0.2) is 0 Å². The second-order valence-electron chi connectivity index (χ2n) is 3.52. The zero-order valence-corrected chi connectivity index (χ0v) is 7.25. The van der Waals surface area contributed by atoms with Crippen LogP contribution in [0.2, 0.25) is 0 Å². The van der Waals surface area contributed by atoms with Gasteiger partial charge in [-0.1, -0.05) is 0 Å². The number of carbonyl (C=O) groups is 1. The molecule has 2 rings (SSSR count). The van der Waals surface area contributed by atoms with Gasteiger partial charge in [-0.2, -0.15) is 5.48 Å². The van der Waals surface area contributed by atoms with Gasteiger partial charge >= 0.3 is 0 Å². The first-order valence-corrected chi connectivity index (χ1v) is 4.48. The van der Waals surface area contributed by atoms with E-state index in [-0.39, 0.29) is 12.1 Å². The van der Waals surface area contributed by atoms with Crippen LogP contribution in [0.3, 0.4) is 0 Å². The quantitative estimate of drug-likeness (QED) is 0.613. The summed E-state index contributed by atoms with van der Waals surface area (Å²) >= 11 is 0. The molecular formula is C8H14N2O2. The van der Waals surface area contributed by atoms with Gasteiger partial charge in [-0.3, -0.25) is 9.63 Å². The summed E-state index contributed by atoms with van der Waals surface area (Å²) < 4.78 is 0. The zero-order chi connectivity index (χ0) is 8.55. The maximum Gasteiger partial charge on any atom is 0.224 e. The summed E-state index contributed by atoms with van der Waals surface area (Å²) in [6.45, 7) is 2.92. The zero-order valence-electron chi connectivity index (χ0n) is 7.25. The van der Waals surface area contributed by atoms with Crippen LogP contribution in [-0.4, -0.2) is 29.6 Å². The van der Waals surface area contributed by atoms with Crippen molar-refractivity contribution >= 4 is 5.91 Å². The van der Waals surface area contributed by atoms with E-state index in [1.165, 1.54) is 0 Å². The number of amides is 1. The van der Waals surface area contributed by atoms with E-state index in [1.54, 1.807) is 0 Å². The molecule has 4 nitrogen and oxygen atoms in total. The van der Waals surface area contributed by atoms with Crippen LogP contribution in [0.1, 0.15) is 26.2 Å². The maximum atomic E-state index is 11.3. The van der Waals surface area contributed by atoms with Crippen molar-refractivity contribution in [2.75, 3.05) is 6.54 Å². The molecule has 2 saturated heterocycles. The average Bonchev–Trinajstić information content (AvgIpc) is 2.58. The van der Waals surface area contributed by atoms with Gasteiger partial charge in [0.15, 0.2) is 6.23 Å². The second-order valence-corrected chi connectivity index (χ2v) is 3.52. The number of likely N-dealkylation sites (tertiary alicyclic amines) is 1. The monoisotopic (exact) mass is 170 g/mol. The minimum atomic E-state index is -0.0185. The Bertz CT molecular complexity index is 195. The topological polar surface area (TPSA) is 41.6 Å². The minimum Gasteiger partial charge on any atom is -0.315 e. The largest absolute Gasteiger partial charge is 0.315 e. The van der Waals surface area contributed by atoms with Crippen molar-refractivity contribution in [1.29, 1.82) is 0 Å². The second kappa shape index (κ2) is 3.03. The molecule has 2 atom stereocenters. The van der Waals surface area contributed by atoms with Gasteiger partial charge in [0.2, 0.25) is 5.91 Å². The van der Waals surface area contributed by atoms with Gasteiger partial charge in [0.1, 0.15) is 0 Å². The molecule has 2 heterocycles. The average molecular weight is 170 g/mol. The molecule has 0 aromatic carbocycles. The third kappa shape index (κ3) is 1.32. The molecule has 0 saturated carbocycles. The first kappa shape index (κ1) is 8.01. The van der Waals surface area contributed by atoms with Crippen LogP contribution < -0.4 is 5.48 Å². The molecule has 0 aromatic heterocycles. The lowest BCUT2D eigenvalue weighted by atomic mass is 10.2. The lowest BCUT2D eigenvalue weighted by Crippen LogP contribution is -2.36. The summed E-state index contributed by atoms with van der Waals surface area (Å²) in [4.78, 5) is 18.4. The minimum absolute atomic E-state index is 0.0185. The van der Waals surface area contributed by atoms with Gasteiger partial charge < -0.3 is 4.90 Å². The SMILES string of the molecule is C[C@H]1CC(N2CCCC2=O)ON1. The lowest BCUT2D eigenvalue weighted by Gasteiger charge is -2.21. The predicted octanol–water partition coefficient (Wildman–Crippen LogP) is 0.248. The highest BCUT2D eigenvalue weighted by atomic mass is 16.7. The van der Waals surface area contributed by atoms with Crippen molar-refractivity contribution in [3.8, 4) is 0 Å². The molecule has 0 bridgehead atoms. The van der Waals surface area contributed by atoms with Crippen molar-refractivity contribution in [3.63, 3.8) is 0 Å². The number of rotatable bonds is 1. The van der Waals surface area contributed by atoms with Crippen LogP contribution in [0, 0.1) is 0 Å². The highest BCUT2D eigenvalue weighted by Crippen LogP contribution is 2.20. The van der Waals surface area contributed by atoms with Crippen molar-refractivity contribution in [2.24, 2.45) is 0 Å². The Hall–Kier alpha value is -0.610. The Balaban J connectivity index is 1.96. The molecule has 4 heteroatoms. The molecular weight excluding hydrogens is 156 g/mol. The lowest BCUT2D eigenvalue weighted by molar-refractivity contribution is -0.141. The molecule has 68 valence electrons. The Morgan fingerprint density at radius 2 is 2.50 bits per heavy atom. The van der Waals surface area contributed by atoms with E-state index >= 15 is 0 Å². The highest BCUT2D eigenvalue weighted by Gasteiger charge is 2.33. The Morgan fingerprint density at radius 1 is 1.67 bits per heavy atom. The molecule has 1 unspecified atom stereocenters. The van der Waals surface area contributed by atoms with E-state index < -0.39 is 0 Å². The van der Waals surface area contributed by atoms with Crippen molar-refractivity contribution in [1.82, 2.24) is 10.4 Å². The van der Waals surface area contributed by atoms with Crippen molar-refractivity contribution in [3.05, 3.63) is 0 Å². The standard InChI is InChI=1S/C8H14N2O2/c1-6-5-8(12-9-6)10-4-2-3-7(10)11/h6,8-9H,2-5H2,1H3/t6-,8?/m0/s1. The summed E-state index contributed by atoms with van der Waals surface area (Å²) in [5, 5.41) is 0. The molecule has 2 fully saturated rings. The first-order chi connectivity index (χ1) is 5.77. The third-order valence-electron chi connectivity index (χ3n) is 2.42. The summed E-state index contributed by atoms with van der Waals surface area (Å²) in [5.74, 6) is 0.232. The Kier molecular flexibility index (Phi) is 2.02. The van der Waals surface area contributed by atoms with E-state index in [9.17, 15) is 4.79 Å². The number of nitrogens with zero attached hydrogens (tertiary/aromatic N) is 1. The predicted molar refractivity (Wildman–Crippen MR) is 43.0 cm³/mol. The van der Waals surface area contributed by atoms with Gasteiger partial charge in [-0.05, 0) is 13.3 Å². The van der Waals surface area contributed by atoms with Crippen LogP contribution in [0.4, 0.5) is 0 Å². The van der Waals surface area contributed by atoms with Crippen LogP contribution >= 0.6 is 0 Å². The van der Waals surface area contributed by atoms with Crippen molar-refractivity contribution < 1.29 is 9.63 Å². The molecule has 12 heavy (non-hydrogen) atoms. The summed E-state index contributed by atoms with van der Waals surface area (Å²) in [5.41, 5.74) is 2.87. The molecule has 2 aliphatic heterocycles. The molecule has 0 aliphatic carbocycles. The normalized spacial score (nSPS) is 36.4. The van der Waals surface area contributed by atoms with Crippen molar-refractivity contribution in [2.45, 2.75) is 38.5 Å². The number of hydrogen-bond donors (Lipinski definition) is 1. The van der Waals surface area contributed by atoms with Gasteiger partial charge in [0, 0.05) is 25.4 Å². The molecule has 0 aromatic rings. The van der Waals surface area contributed by atoms with E-state index in [1.807, 2.05) is 4.90 Å². The molecule has 2 aliphatic rings. The third-order valence-corrected chi connectivity index (χ3v) is 2.42. The summed E-state index contributed by atoms with van der Waals surface area (Å²) in [6, 6.07) is 0.364. The van der Waals surface area contributed by atoms with E-state index in [0.29, 0.717) is 12.5 Å². The maximum absolute atomic E-state index is 11.3. The smallest absolute Gasteiger partial charge is 0.224 e. The van der Waals surface area contributed by atoms with Crippen LogP contribution in [0.5, 0.6) is 0 Å². The fraction of sp³-hybridized carbons (Fsp3) is 0.875. The molecule has 1 amide bonds. The molecule has 0 spiro atoms. The molecule has 0 radical (unpaired) electrons. The fourth-order valence-corrected chi connectivity index (χ4v) is 1.76. The van der Waals surface area contributed by atoms with Gasteiger partial charge in [0.05, 0.1) is 0 Å². The molecule has 1 N–H and O–H groups in total. The van der Waals surface area contributed by atoms with E-state index in [4.69, 9.17) is 4.84 Å². The fourth-order valence-electron chi connectivity index (χ4n) is 1.76. The number of hydroxylamine groups is 1. The summed E-state index contributed by atoms with van der Waals surface area (Å²) in [7, 11) is 0. The number of nitrogens with one attached hydrogen (secondary N) is 1. The first-order valence-electron chi connectivity index (χ1n) is 4.48. The number of hydrogen-bond acceptors (Lipinski definition) is 3. The van der Waals surface area contributed by atoms with Gasteiger partial charge in [0.25, 0.3) is 0 Å². The number of carbonyl (C=O) groups excluding carboxylic acids is 1. The highest BCUT2D eigenvalue weighted by molar-refractivity contribution is 5.78. The summed E-state index contributed by atoms with van der Waals surface area (Å²) in [6.07, 6.45) is 2.56.